The Morgan fingerprint density at radius 3 is 2.65 bits per heavy atom. The quantitative estimate of drug-likeness (QED) is 0.267. The fourth-order valence-corrected chi connectivity index (χ4v) is 6.05. The van der Waals surface area contributed by atoms with Crippen LogP contribution < -0.4 is 10.9 Å². The zero-order valence-electron chi connectivity index (χ0n) is 20.6. The van der Waals surface area contributed by atoms with Gasteiger partial charge in [0.15, 0.2) is 6.04 Å². The summed E-state index contributed by atoms with van der Waals surface area (Å²) in [6, 6.07) is 2.19. The Kier molecular flexibility index (Phi) is 6.89. The van der Waals surface area contributed by atoms with E-state index in [1.807, 2.05) is 0 Å². The number of carboxylic acids is 1. The average molecular weight is 529 g/mol. The molecule has 1 fully saturated rings. The van der Waals surface area contributed by atoms with Crippen LogP contribution in [0.2, 0.25) is 0 Å². The van der Waals surface area contributed by atoms with Gasteiger partial charge in [-0.3, -0.25) is 4.79 Å². The molecule has 4 N–H and O–H groups in total. The number of sulfonamides is 1. The molecule has 2 atom stereocenters. The SMILES string of the molecule is C#CC(C(=O)OC(C)(C)C)N(CC1CCCN1)S(=O)(=O)c1ccc2[nH]c(=O)c3[nH]cc(C(=O)O)c3c2c1. The molecule has 2 aromatic heterocycles. The molecule has 1 aliphatic heterocycles. The molecule has 196 valence electrons. The summed E-state index contributed by atoms with van der Waals surface area (Å²) in [7, 11) is -4.39. The molecule has 1 aliphatic rings. The number of ether oxygens (including phenoxy) is 1. The van der Waals surface area contributed by atoms with Gasteiger partial charge in [0.2, 0.25) is 10.0 Å². The third-order valence-electron chi connectivity index (χ3n) is 6.09. The van der Waals surface area contributed by atoms with Crippen LogP contribution in [0.15, 0.2) is 34.1 Å². The van der Waals surface area contributed by atoms with Gasteiger partial charge < -0.3 is 25.1 Å². The number of nitrogens with one attached hydrogen (secondary N) is 3. The van der Waals surface area contributed by atoms with Crippen LogP contribution in [0.4, 0.5) is 0 Å². The number of rotatable bonds is 7. The standard InChI is InChI=1S/C25H28N4O7S/c1-5-19(24(33)36-25(2,3)4)29(13-14-7-6-10-26-14)37(34,35)15-8-9-18-16(11-15)20-17(23(31)32)12-27-21(20)22(30)28-18/h1,8-9,11-12,14,19,26-27H,6-7,10,13H2,2-4H3,(H,28,30)(H,31,32). The molecule has 1 aromatic carbocycles. The fraction of sp³-hybridized carbons (Fsp3) is 0.400. The lowest BCUT2D eigenvalue weighted by molar-refractivity contribution is -0.157. The zero-order valence-corrected chi connectivity index (χ0v) is 21.4. The van der Waals surface area contributed by atoms with Gasteiger partial charge in [0.25, 0.3) is 5.56 Å². The van der Waals surface area contributed by atoms with E-state index >= 15 is 0 Å². The van der Waals surface area contributed by atoms with E-state index < -0.39 is 39.2 Å². The summed E-state index contributed by atoms with van der Waals surface area (Å²) in [5.74, 6) is 0.130. The van der Waals surface area contributed by atoms with Crippen LogP contribution in [0.1, 0.15) is 44.0 Å². The Bertz CT molecular complexity index is 1590. The van der Waals surface area contributed by atoms with E-state index in [9.17, 15) is 27.9 Å². The van der Waals surface area contributed by atoms with Crippen LogP contribution in [-0.4, -0.2) is 70.5 Å². The minimum Gasteiger partial charge on any atom is -0.478 e. The third kappa shape index (κ3) is 5.11. The first-order valence-corrected chi connectivity index (χ1v) is 13.1. The molecule has 1 saturated heterocycles. The van der Waals surface area contributed by atoms with Crippen LogP contribution in [0, 0.1) is 12.3 Å². The van der Waals surface area contributed by atoms with Crippen molar-refractivity contribution in [3.63, 3.8) is 0 Å². The van der Waals surface area contributed by atoms with Crippen LogP contribution in [-0.2, 0) is 19.6 Å². The number of benzene rings is 1. The van der Waals surface area contributed by atoms with E-state index in [1.165, 1.54) is 24.4 Å². The normalized spacial score (nSPS) is 17.2. The van der Waals surface area contributed by atoms with Gasteiger partial charge in [-0.2, -0.15) is 4.31 Å². The molecule has 0 radical (unpaired) electrons. The molecular weight excluding hydrogens is 500 g/mol. The molecule has 37 heavy (non-hydrogen) atoms. The number of carboxylic acid groups (broad SMARTS) is 1. The smallest absolute Gasteiger partial charge is 0.337 e. The van der Waals surface area contributed by atoms with Crippen molar-refractivity contribution in [1.82, 2.24) is 19.6 Å². The van der Waals surface area contributed by atoms with Gasteiger partial charge in [-0.05, 0) is 58.4 Å². The van der Waals surface area contributed by atoms with Crippen molar-refractivity contribution in [3.05, 3.63) is 40.3 Å². The van der Waals surface area contributed by atoms with Crippen LogP contribution in [0.5, 0.6) is 0 Å². The first-order chi connectivity index (χ1) is 17.3. The van der Waals surface area contributed by atoms with Gasteiger partial charge in [-0.1, -0.05) is 5.92 Å². The molecule has 0 bridgehead atoms. The van der Waals surface area contributed by atoms with E-state index in [-0.39, 0.29) is 44.9 Å². The highest BCUT2D eigenvalue weighted by atomic mass is 32.2. The summed E-state index contributed by atoms with van der Waals surface area (Å²) in [4.78, 5) is 42.3. The maximum atomic E-state index is 14.0. The molecule has 0 saturated carbocycles. The Morgan fingerprint density at radius 1 is 1.32 bits per heavy atom. The zero-order chi connectivity index (χ0) is 27.1. The first kappa shape index (κ1) is 26.4. The molecule has 0 amide bonds. The van der Waals surface area contributed by atoms with E-state index in [2.05, 4.69) is 21.2 Å². The highest BCUT2D eigenvalue weighted by molar-refractivity contribution is 7.89. The van der Waals surface area contributed by atoms with Crippen LogP contribution in [0.25, 0.3) is 21.8 Å². The number of aromatic nitrogens is 2. The Hall–Kier alpha value is -3.66. The van der Waals surface area contributed by atoms with Gasteiger partial charge in [0, 0.05) is 35.1 Å². The summed E-state index contributed by atoms with van der Waals surface area (Å²) in [5.41, 5.74) is -1.36. The number of terminal acetylenes is 1. The van der Waals surface area contributed by atoms with Crippen LogP contribution >= 0.6 is 0 Å². The summed E-state index contributed by atoms with van der Waals surface area (Å²) in [5, 5.41) is 13.1. The lowest BCUT2D eigenvalue weighted by atomic mass is 10.1. The number of hydrogen-bond donors (Lipinski definition) is 4. The number of carbonyl (C=O) groups excluding carboxylic acids is 1. The van der Waals surface area contributed by atoms with Crippen molar-refractivity contribution >= 4 is 43.8 Å². The van der Waals surface area contributed by atoms with Crippen molar-refractivity contribution in [2.45, 2.75) is 56.2 Å². The van der Waals surface area contributed by atoms with Gasteiger partial charge in [-0.25, -0.2) is 18.0 Å². The average Bonchev–Trinajstić information content (AvgIpc) is 3.48. The Morgan fingerprint density at radius 2 is 2.05 bits per heavy atom. The lowest BCUT2D eigenvalue weighted by Crippen LogP contribution is -2.50. The molecule has 0 spiro atoms. The first-order valence-electron chi connectivity index (χ1n) is 11.7. The number of aromatic amines is 2. The molecule has 3 aromatic rings. The van der Waals surface area contributed by atoms with E-state index in [0.29, 0.717) is 13.0 Å². The summed E-state index contributed by atoms with van der Waals surface area (Å²) < 4.78 is 34.4. The molecule has 4 rings (SSSR count). The second-order valence-corrected chi connectivity index (χ2v) is 11.8. The number of pyridine rings is 1. The van der Waals surface area contributed by atoms with Crippen molar-refractivity contribution in [3.8, 4) is 12.3 Å². The maximum absolute atomic E-state index is 14.0. The maximum Gasteiger partial charge on any atom is 0.337 e. The molecule has 2 unspecified atom stereocenters. The van der Waals surface area contributed by atoms with Gasteiger partial charge >= 0.3 is 11.9 Å². The molecule has 12 heteroatoms. The monoisotopic (exact) mass is 528 g/mol. The van der Waals surface area contributed by atoms with Gasteiger partial charge in [0.1, 0.15) is 11.1 Å². The molecule has 0 aliphatic carbocycles. The molecular formula is C25H28N4O7S. The van der Waals surface area contributed by atoms with E-state index in [4.69, 9.17) is 11.2 Å². The van der Waals surface area contributed by atoms with Crippen molar-refractivity contribution < 1.29 is 27.9 Å². The second kappa shape index (κ2) is 9.66. The van der Waals surface area contributed by atoms with Crippen molar-refractivity contribution in [2.24, 2.45) is 0 Å². The number of nitrogens with zero attached hydrogens (tertiary/aromatic N) is 1. The van der Waals surface area contributed by atoms with Crippen LogP contribution in [0.3, 0.4) is 0 Å². The van der Waals surface area contributed by atoms with Gasteiger partial charge in [0.05, 0.1) is 10.5 Å². The number of esters is 1. The summed E-state index contributed by atoms with van der Waals surface area (Å²) in [6.45, 7) is 5.60. The third-order valence-corrected chi connectivity index (χ3v) is 7.92. The summed E-state index contributed by atoms with van der Waals surface area (Å²) >= 11 is 0. The number of aromatic carboxylic acids is 1. The minimum atomic E-state index is -4.39. The number of hydrogen-bond acceptors (Lipinski definition) is 7. The minimum absolute atomic E-state index is 0.00159. The second-order valence-electron chi connectivity index (χ2n) is 9.89. The molecule has 11 nitrogen and oxygen atoms in total. The number of carbonyl (C=O) groups is 2. The predicted octanol–water partition coefficient (Wildman–Crippen LogP) is 1.79. The van der Waals surface area contributed by atoms with Gasteiger partial charge in [-0.15, -0.1) is 6.42 Å². The Balaban J connectivity index is 1.88. The van der Waals surface area contributed by atoms with E-state index in [0.717, 1.165) is 10.7 Å². The van der Waals surface area contributed by atoms with E-state index in [1.54, 1.807) is 20.8 Å². The molecule has 3 heterocycles. The van der Waals surface area contributed by atoms with Crippen molar-refractivity contribution in [1.29, 1.82) is 0 Å². The Labute approximate surface area is 213 Å². The summed E-state index contributed by atoms with van der Waals surface area (Å²) in [6.07, 6.45) is 8.40. The predicted molar refractivity (Wildman–Crippen MR) is 137 cm³/mol. The number of H-pyrrole nitrogens is 2. The largest absolute Gasteiger partial charge is 0.478 e. The highest BCUT2D eigenvalue weighted by Crippen LogP contribution is 2.29. The fourth-order valence-electron chi connectivity index (χ4n) is 4.47. The van der Waals surface area contributed by atoms with Crippen molar-refractivity contribution in [2.75, 3.05) is 13.1 Å². The number of fused-ring (bicyclic) bond motifs is 3. The highest BCUT2D eigenvalue weighted by Gasteiger charge is 2.39. The topological polar surface area (TPSA) is 162 Å². The lowest BCUT2D eigenvalue weighted by Gasteiger charge is -2.30.